The maximum Gasteiger partial charge on any atom is 0.306 e. The van der Waals surface area contributed by atoms with Gasteiger partial charge < -0.3 is 20.3 Å². The first-order valence-electron chi connectivity index (χ1n) is 23.9. The number of allylic oxidation sites excluding steroid dienone is 8. The summed E-state index contributed by atoms with van der Waals surface area (Å²) in [6, 6.07) is -0.714. The van der Waals surface area contributed by atoms with Crippen LogP contribution in [0.5, 0.6) is 0 Å². The van der Waals surface area contributed by atoms with E-state index >= 15 is 0 Å². The molecule has 0 heterocycles. The van der Waals surface area contributed by atoms with E-state index < -0.39 is 18.2 Å². The summed E-state index contributed by atoms with van der Waals surface area (Å²) in [6.45, 7) is 6.32. The Kier molecular flexibility index (Phi) is 42.2. The molecular formula is C50H91NO5. The van der Waals surface area contributed by atoms with Crippen LogP contribution >= 0.6 is 0 Å². The third-order valence-electron chi connectivity index (χ3n) is 10.7. The van der Waals surface area contributed by atoms with Crippen molar-refractivity contribution in [2.45, 2.75) is 251 Å². The molecule has 0 aliphatic carbocycles. The van der Waals surface area contributed by atoms with E-state index in [1.54, 1.807) is 0 Å². The van der Waals surface area contributed by atoms with Crippen LogP contribution in [0.2, 0.25) is 0 Å². The minimum atomic E-state index is -0.798. The Morgan fingerprint density at radius 1 is 0.536 bits per heavy atom. The third kappa shape index (κ3) is 38.7. The number of hydrogen-bond donors (Lipinski definition) is 3. The fourth-order valence-electron chi connectivity index (χ4n) is 7.07. The summed E-state index contributed by atoms with van der Waals surface area (Å²) in [5.74, 6) is -0.528. The predicted molar refractivity (Wildman–Crippen MR) is 241 cm³/mol. The van der Waals surface area contributed by atoms with Crippen LogP contribution < -0.4 is 5.32 Å². The molecule has 0 aromatic carbocycles. The Balaban J connectivity index is 4.61. The molecule has 0 radical (unpaired) electrons. The van der Waals surface area contributed by atoms with E-state index in [2.05, 4.69) is 62.5 Å². The molecule has 0 saturated heterocycles. The molecule has 3 atom stereocenters. The van der Waals surface area contributed by atoms with Crippen molar-refractivity contribution in [3.63, 3.8) is 0 Å². The maximum atomic E-state index is 13.1. The first-order valence-corrected chi connectivity index (χ1v) is 23.9. The van der Waals surface area contributed by atoms with Gasteiger partial charge in [0.15, 0.2) is 0 Å². The van der Waals surface area contributed by atoms with E-state index in [0.717, 1.165) is 83.5 Å². The van der Waals surface area contributed by atoms with E-state index in [-0.39, 0.29) is 24.9 Å². The summed E-state index contributed by atoms with van der Waals surface area (Å²) in [6.07, 6.45) is 51.7. The highest BCUT2D eigenvalue weighted by Gasteiger charge is 2.24. The lowest BCUT2D eigenvalue weighted by Gasteiger charge is -2.24. The van der Waals surface area contributed by atoms with Crippen LogP contribution in [0, 0.1) is 0 Å². The molecule has 0 bridgehead atoms. The van der Waals surface area contributed by atoms with E-state index in [9.17, 15) is 19.8 Å². The lowest BCUT2D eigenvalue weighted by atomic mass is 10.0. The second-order valence-corrected chi connectivity index (χ2v) is 16.2. The Labute approximate surface area is 346 Å². The van der Waals surface area contributed by atoms with Crippen LogP contribution in [0.4, 0.5) is 0 Å². The molecule has 3 unspecified atom stereocenters. The van der Waals surface area contributed by atoms with Gasteiger partial charge >= 0.3 is 5.97 Å². The zero-order chi connectivity index (χ0) is 41.0. The van der Waals surface area contributed by atoms with E-state index in [1.165, 1.54) is 103 Å². The van der Waals surface area contributed by atoms with Crippen LogP contribution in [0.25, 0.3) is 0 Å². The number of amides is 1. The lowest BCUT2D eigenvalue weighted by molar-refractivity contribution is -0.151. The molecule has 0 saturated carbocycles. The molecule has 326 valence electrons. The van der Waals surface area contributed by atoms with E-state index in [4.69, 9.17) is 4.74 Å². The molecule has 3 N–H and O–H groups in total. The Morgan fingerprint density at radius 2 is 0.982 bits per heavy atom. The smallest absolute Gasteiger partial charge is 0.306 e. The fraction of sp³-hybridized carbons (Fsp3) is 0.800. The number of rotatable bonds is 42. The Hall–Kier alpha value is -2.18. The SMILES string of the molecule is CC/C=C/C=C/C=C\CCCCCC(CC(=O)NC(CO)C(O)CCCCCCCCCCCCCCC)OC(=O)CCCCC/C=C\CCCCCCCC. The minimum absolute atomic E-state index is 0.0487. The topological polar surface area (TPSA) is 95.9 Å². The highest BCUT2D eigenvalue weighted by Crippen LogP contribution is 2.17. The van der Waals surface area contributed by atoms with Gasteiger partial charge in [-0.15, -0.1) is 0 Å². The zero-order valence-corrected chi connectivity index (χ0v) is 37.0. The van der Waals surface area contributed by atoms with Crippen molar-refractivity contribution >= 4 is 11.9 Å². The van der Waals surface area contributed by atoms with Crippen molar-refractivity contribution < 1.29 is 24.5 Å². The summed E-state index contributed by atoms with van der Waals surface area (Å²) in [7, 11) is 0. The first-order chi connectivity index (χ1) is 27.5. The Morgan fingerprint density at radius 3 is 1.52 bits per heavy atom. The highest BCUT2D eigenvalue weighted by molar-refractivity contribution is 5.77. The number of carbonyl (C=O) groups is 2. The van der Waals surface area contributed by atoms with Crippen LogP contribution in [-0.2, 0) is 14.3 Å². The summed E-state index contributed by atoms with van der Waals surface area (Å²) in [5.41, 5.74) is 0. The van der Waals surface area contributed by atoms with Crippen LogP contribution in [0.1, 0.15) is 233 Å². The molecule has 1 amide bonds. The third-order valence-corrected chi connectivity index (χ3v) is 10.7. The molecule has 0 aromatic rings. The van der Waals surface area contributed by atoms with Crippen molar-refractivity contribution in [3.8, 4) is 0 Å². The summed E-state index contributed by atoms with van der Waals surface area (Å²) >= 11 is 0. The minimum Gasteiger partial charge on any atom is -0.462 e. The molecule has 0 aromatic heterocycles. The quantitative estimate of drug-likeness (QED) is 0.0248. The van der Waals surface area contributed by atoms with E-state index in [1.807, 2.05) is 12.2 Å². The van der Waals surface area contributed by atoms with Crippen molar-refractivity contribution in [1.29, 1.82) is 0 Å². The van der Waals surface area contributed by atoms with Gasteiger partial charge in [0.2, 0.25) is 5.91 Å². The van der Waals surface area contributed by atoms with Crippen molar-refractivity contribution in [3.05, 3.63) is 48.6 Å². The zero-order valence-electron chi connectivity index (χ0n) is 37.0. The number of aliphatic hydroxyl groups is 2. The number of aliphatic hydroxyl groups excluding tert-OH is 2. The van der Waals surface area contributed by atoms with Crippen LogP contribution in [0.15, 0.2) is 48.6 Å². The van der Waals surface area contributed by atoms with Crippen LogP contribution in [-0.4, -0.2) is 46.9 Å². The van der Waals surface area contributed by atoms with E-state index in [0.29, 0.717) is 19.3 Å². The van der Waals surface area contributed by atoms with Gasteiger partial charge in [0.1, 0.15) is 6.10 Å². The average Bonchev–Trinajstić information content (AvgIpc) is 3.19. The van der Waals surface area contributed by atoms with Crippen molar-refractivity contribution in [2.75, 3.05) is 6.61 Å². The number of nitrogens with one attached hydrogen (secondary N) is 1. The number of hydrogen-bond acceptors (Lipinski definition) is 5. The molecule has 0 rings (SSSR count). The largest absolute Gasteiger partial charge is 0.462 e. The fourth-order valence-corrected chi connectivity index (χ4v) is 7.07. The molecule has 0 aliphatic heterocycles. The molecule has 6 nitrogen and oxygen atoms in total. The van der Waals surface area contributed by atoms with Crippen molar-refractivity contribution in [2.24, 2.45) is 0 Å². The summed E-state index contributed by atoms with van der Waals surface area (Å²) in [5, 5.41) is 23.7. The van der Waals surface area contributed by atoms with Gasteiger partial charge in [-0.1, -0.05) is 198 Å². The predicted octanol–water partition coefficient (Wildman–Crippen LogP) is 13.9. The molecule has 0 aliphatic rings. The van der Waals surface area contributed by atoms with Gasteiger partial charge in [-0.3, -0.25) is 9.59 Å². The number of esters is 1. The number of carbonyl (C=O) groups excluding carboxylic acids is 2. The molecule has 0 fully saturated rings. The molecule has 56 heavy (non-hydrogen) atoms. The lowest BCUT2D eigenvalue weighted by Crippen LogP contribution is -2.46. The first kappa shape index (κ1) is 53.8. The molecular weight excluding hydrogens is 695 g/mol. The number of unbranched alkanes of at least 4 members (excludes halogenated alkanes) is 24. The average molecular weight is 786 g/mol. The maximum absolute atomic E-state index is 13.1. The summed E-state index contributed by atoms with van der Waals surface area (Å²) < 4.78 is 5.88. The van der Waals surface area contributed by atoms with Gasteiger partial charge in [0.05, 0.1) is 25.2 Å². The normalized spacial score (nSPS) is 13.7. The van der Waals surface area contributed by atoms with Gasteiger partial charge in [0.25, 0.3) is 0 Å². The highest BCUT2D eigenvalue weighted by atomic mass is 16.5. The number of ether oxygens (including phenoxy) is 1. The van der Waals surface area contributed by atoms with Gasteiger partial charge in [-0.2, -0.15) is 0 Å². The standard InChI is InChI=1S/C50H91NO5/c1-4-7-10-13-16-19-22-24-27-30-33-36-39-42-48(53)47(45-52)51-49(54)44-46(41-38-35-32-29-26-21-18-15-12-9-6-3)56-50(55)43-40-37-34-31-28-25-23-20-17-14-11-8-5-2/h9,12,15,18,21,25-26,28,46-48,52-53H,4-8,10-11,13-14,16-17,19-20,22-24,27,29-45H2,1-3H3,(H,51,54)/b12-9+,18-15+,26-21-,28-25-. The molecule has 6 heteroatoms. The van der Waals surface area contributed by atoms with Gasteiger partial charge in [0, 0.05) is 6.42 Å². The van der Waals surface area contributed by atoms with Crippen molar-refractivity contribution in [1.82, 2.24) is 5.32 Å². The monoisotopic (exact) mass is 786 g/mol. The summed E-state index contributed by atoms with van der Waals surface area (Å²) in [4.78, 5) is 26.0. The Bertz CT molecular complexity index is 972. The van der Waals surface area contributed by atoms with Gasteiger partial charge in [-0.25, -0.2) is 0 Å². The second-order valence-electron chi connectivity index (χ2n) is 16.2. The molecule has 0 spiro atoms. The van der Waals surface area contributed by atoms with Crippen LogP contribution in [0.3, 0.4) is 0 Å². The van der Waals surface area contributed by atoms with Gasteiger partial charge in [-0.05, 0) is 70.6 Å². The second kappa shape index (κ2) is 43.9.